The van der Waals surface area contributed by atoms with Gasteiger partial charge in [0, 0.05) is 46.9 Å². The van der Waals surface area contributed by atoms with Crippen LogP contribution in [0.1, 0.15) is 96.6 Å². The summed E-state index contributed by atoms with van der Waals surface area (Å²) in [5.74, 6) is 2.22. The van der Waals surface area contributed by atoms with Crippen LogP contribution in [0.2, 0.25) is 0 Å². The molecule has 0 spiro atoms. The summed E-state index contributed by atoms with van der Waals surface area (Å²) in [6.45, 7) is 8.98. The largest absolute Gasteiger partial charge is 0.465 e. The zero-order valence-corrected chi connectivity index (χ0v) is 29.3. The zero-order valence-electron chi connectivity index (χ0n) is 29.3. The molecule has 0 radical (unpaired) electrons. The Kier molecular flexibility index (Phi) is 20.2. The van der Waals surface area contributed by atoms with Crippen molar-refractivity contribution in [3.05, 3.63) is 30.0 Å². The predicted molar refractivity (Wildman–Crippen MR) is 188 cm³/mol. The third-order valence-electron chi connectivity index (χ3n) is 9.81. The van der Waals surface area contributed by atoms with E-state index in [1.165, 1.54) is 45.1 Å². The van der Waals surface area contributed by atoms with E-state index in [1.54, 1.807) is 0 Å². The number of aldehydes is 1. The molecule has 3 aliphatic rings. The molecular formula is C37H61FN4O5. The SMILES string of the molecule is CC1C(C2CCCCC2)CCN1C.CCC(C=O)CCCC(N)CF.Cc1cc2cc(NC=O)ccc2[nH]1.O=COCC1CCCO1. The monoisotopic (exact) mass is 660 g/mol. The summed E-state index contributed by atoms with van der Waals surface area (Å²) in [7, 11) is 2.29. The average molecular weight is 661 g/mol. The van der Waals surface area contributed by atoms with Gasteiger partial charge in [-0.1, -0.05) is 45.4 Å². The molecule has 5 unspecified atom stereocenters. The number of hydrogen-bond donors (Lipinski definition) is 3. The Morgan fingerprint density at radius 3 is 2.45 bits per heavy atom. The van der Waals surface area contributed by atoms with Gasteiger partial charge in [-0.15, -0.1) is 0 Å². The molecule has 3 fully saturated rings. The Hall–Kier alpha value is -2.82. The average Bonchev–Trinajstić information content (AvgIpc) is 3.83. The van der Waals surface area contributed by atoms with Crippen molar-refractivity contribution < 1.29 is 28.2 Å². The molecule has 266 valence electrons. The lowest BCUT2D eigenvalue weighted by Crippen LogP contribution is -2.30. The number of ether oxygens (including phenoxy) is 2. The molecule has 47 heavy (non-hydrogen) atoms. The number of halogens is 1. The molecule has 5 atom stereocenters. The summed E-state index contributed by atoms with van der Waals surface area (Å²) in [6, 6.07) is 8.32. The van der Waals surface area contributed by atoms with Crippen LogP contribution in [0.4, 0.5) is 10.1 Å². The number of nitrogens with one attached hydrogen (secondary N) is 2. The highest BCUT2D eigenvalue weighted by molar-refractivity contribution is 5.86. The zero-order chi connectivity index (χ0) is 34.4. The smallest absolute Gasteiger partial charge is 0.293 e. The van der Waals surface area contributed by atoms with Gasteiger partial charge in [-0.3, -0.25) is 9.59 Å². The highest BCUT2D eigenvalue weighted by Crippen LogP contribution is 2.37. The van der Waals surface area contributed by atoms with Crippen molar-refractivity contribution in [3.8, 4) is 0 Å². The van der Waals surface area contributed by atoms with Crippen LogP contribution < -0.4 is 11.1 Å². The molecule has 2 aliphatic heterocycles. The first kappa shape index (κ1) is 40.4. The number of anilines is 1. The minimum absolute atomic E-state index is 0.136. The summed E-state index contributed by atoms with van der Waals surface area (Å²) in [5.41, 5.74) is 8.41. The summed E-state index contributed by atoms with van der Waals surface area (Å²) in [4.78, 5) is 36.0. The van der Waals surface area contributed by atoms with Crippen LogP contribution in [-0.2, 0) is 23.9 Å². The van der Waals surface area contributed by atoms with Gasteiger partial charge in [-0.2, -0.15) is 0 Å². The fourth-order valence-corrected chi connectivity index (χ4v) is 6.76. The van der Waals surface area contributed by atoms with Crippen LogP contribution in [0.3, 0.4) is 0 Å². The number of H-pyrrole nitrogens is 1. The minimum Gasteiger partial charge on any atom is -0.465 e. The molecule has 2 saturated heterocycles. The Morgan fingerprint density at radius 2 is 1.87 bits per heavy atom. The molecule has 5 rings (SSSR count). The maximum atomic E-state index is 11.9. The third kappa shape index (κ3) is 15.3. The molecule has 4 N–H and O–H groups in total. The van der Waals surface area contributed by atoms with Gasteiger partial charge in [0.15, 0.2) is 0 Å². The third-order valence-corrected chi connectivity index (χ3v) is 9.81. The second-order valence-electron chi connectivity index (χ2n) is 13.3. The normalized spacial score (nSPS) is 22.4. The van der Waals surface area contributed by atoms with Crippen molar-refractivity contribution in [2.24, 2.45) is 23.5 Å². The van der Waals surface area contributed by atoms with E-state index in [-0.39, 0.29) is 18.1 Å². The van der Waals surface area contributed by atoms with E-state index in [0.29, 0.717) is 25.9 Å². The van der Waals surface area contributed by atoms with E-state index in [4.69, 9.17) is 10.5 Å². The topological polar surface area (TPSA) is 127 Å². The van der Waals surface area contributed by atoms with Gasteiger partial charge in [0.1, 0.15) is 19.6 Å². The quantitative estimate of drug-likeness (QED) is 0.198. The molecule has 1 aromatic carbocycles. The summed E-state index contributed by atoms with van der Waals surface area (Å²) in [5, 5.41) is 3.73. The minimum atomic E-state index is -0.460. The van der Waals surface area contributed by atoms with Crippen molar-refractivity contribution in [2.45, 2.75) is 116 Å². The molecular weight excluding hydrogens is 599 g/mol. The van der Waals surface area contributed by atoms with Crippen LogP contribution in [0, 0.1) is 24.7 Å². The number of hydrogen-bond acceptors (Lipinski definition) is 7. The second kappa shape index (κ2) is 23.5. The van der Waals surface area contributed by atoms with Crippen LogP contribution in [0.15, 0.2) is 24.3 Å². The number of rotatable bonds is 13. The number of fused-ring (bicyclic) bond motifs is 1. The van der Waals surface area contributed by atoms with Crippen molar-refractivity contribution in [1.82, 2.24) is 9.88 Å². The highest BCUT2D eigenvalue weighted by atomic mass is 19.1. The van der Waals surface area contributed by atoms with Crippen LogP contribution >= 0.6 is 0 Å². The molecule has 1 aliphatic carbocycles. The van der Waals surface area contributed by atoms with E-state index < -0.39 is 6.67 Å². The maximum Gasteiger partial charge on any atom is 0.293 e. The molecule has 2 aromatic rings. The fraction of sp³-hybridized carbons (Fsp3) is 0.703. The van der Waals surface area contributed by atoms with Crippen LogP contribution in [-0.4, -0.2) is 80.7 Å². The van der Waals surface area contributed by atoms with Crippen LogP contribution in [0.5, 0.6) is 0 Å². The molecule has 3 heterocycles. The lowest BCUT2D eigenvalue weighted by atomic mass is 9.77. The van der Waals surface area contributed by atoms with Gasteiger partial charge in [-0.25, -0.2) is 4.39 Å². The predicted octanol–water partition coefficient (Wildman–Crippen LogP) is 6.97. The molecule has 10 heteroatoms. The number of carbonyl (C=O) groups is 3. The summed E-state index contributed by atoms with van der Waals surface area (Å²) in [6.07, 6.45) is 16.2. The molecule has 0 bridgehead atoms. The first-order valence-electron chi connectivity index (χ1n) is 17.7. The van der Waals surface area contributed by atoms with Gasteiger partial charge < -0.3 is 35.2 Å². The van der Waals surface area contributed by atoms with Gasteiger partial charge in [0.25, 0.3) is 6.47 Å². The molecule has 1 amide bonds. The Labute approximate surface area is 281 Å². The molecule has 9 nitrogen and oxygen atoms in total. The van der Waals surface area contributed by atoms with E-state index in [0.717, 1.165) is 85.2 Å². The van der Waals surface area contributed by atoms with Gasteiger partial charge >= 0.3 is 0 Å². The van der Waals surface area contributed by atoms with Crippen molar-refractivity contribution in [1.29, 1.82) is 0 Å². The number of aromatic amines is 1. The standard InChI is InChI=1S/C12H23N.C10H10N2O.C9H18FNO.C6H10O3/c1-10-12(8-9-13(10)2)11-6-4-3-5-7-11;1-7-4-8-5-9(11-6-13)2-3-10(8)12-7;1-2-8(7-12)4-3-5-9(11)6-10;7-5-8-4-6-2-1-3-9-6/h10-12H,3-9H2,1-2H3;2-6,12H,1H3,(H,11,13);7-9H,2-6,11H2,1H3;5-6H,1-4H2. The first-order chi connectivity index (χ1) is 22.8. The number of nitrogens with two attached hydrogens (primary N) is 1. The maximum absolute atomic E-state index is 11.9. The van der Waals surface area contributed by atoms with Gasteiger partial charge in [-0.05, 0) is 102 Å². The number of carbonyl (C=O) groups excluding carboxylic acids is 3. The Morgan fingerprint density at radius 1 is 1.11 bits per heavy atom. The number of alkyl halides is 1. The van der Waals surface area contributed by atoms with Crippen LogP contribution in [0.25, 0.3) is 10.9 Å². The number of benzene rings is 1. The van der Waals surface area contributed by atoms with E-state index >= 15 is 0 Å². The molecule has 1 aromatic heterocycles. The number of aryl methyl sites for hydroxylation is 1. The number of nitrogens with zero attached hydrogens (tertiary/aromatic N) is 1. The summed E-state index contributed by atoms with van der Waals surface area (Å²) >= 11 is 0. The number of amides is 1. The van der Waals surface area contributed by atoms with Gasteiger partial charge in [0.2, 0.25) is 6.41 Å². The number of aromatic nitrogens is 1. The Balaban J connectivity index is 0.000000220. The lowest BCUT2D eigenvalue weighted by molar-refractivity contribution is -0.131. The van der Waals surface area contributed by atoms with E-state index in [1.807, 2.05) is 38.1 Å². The van der Waals surface area contributed by atoms with Gasteiger partial charge in [0.05, 0.1) is 6.10 Å². The first-order valence-corrected chi connectivity index (χ1v) is 17.7. The van der Waals surface area contributed by atoms with E-state index in [9.17, 15) is 18.8 Å². The number of likely N-dealkylation sites (tertiary alicyclic amines) is 1. The van der Waals surface area contributed by atoms with Crippen molar-refractivity contribution in [2.75, 3.05) is 38.8 Å². The van der Waals surface area contributed by atoms with Crippen molar-refractivity contribution in [3.63, 3.8) is 0 Å². The van der Waals surface area contributed by atoms with E-state index in [2.05, 4.69) is 33.9 Å². The summed E-state index contributed by atoms with van der Waals surface area (Å²) < 4.78 is 21.6. The second-order valence-corrected chi connectivity index (χ2v) is 13.3. The fourth-order valence-electron chi connectivity index (χ4n) is 6.76. The van der Waals surface area contributed by atoms with Crippen molar-refractivity contribution >= 4 is 35.8 Å². The highest BCUT2D eigenvalue weighted by Gasteiger charge is 2.34. The molecule has 1 saturated carbocycles. The Bertz CT molecular complexity index is 1140. The lowest BCUT2D eigenvalue weighted by Gasteiger charge is -2.31.